The Labute approximate surface area is 173 Å². The van der Waals surface area contributed by atoms with Crippen LogP contribution in [0.3, 0.4) is 0 Å². The minimum Gasteiger partial charge on any atom is -0.496 e. The molecular weight excluding hydrogens is 410 g/mol. The monoisotopic (exact) mass is 431 g/mol. The van der Waals surface area contributed by atoms with E-state index < -0.39 is 10.0 Å². The van der Waals surface area contributed by atoms with E-state index >= 15 is 0 Å². The third kappa shape index (κ3) is 3.98. The predicted molar refractivity (Wildman–Crippen MR) is 112 cm³/mol. The molecule has 2 N–H and O–H groups in total. The number of primary sulfonamides is 1. The number of nitrogens with zero attached hydrogens (tertiary/aromatic N) is 2. The van der Waals surface area contributed by atoms with Gasteiger partial charge in [-0.25, -0.2) is 18.5 Å². The van der Waals surface area contributed by atoms with E-state index in [1.54, 1.807) is 16.2 Å². The number of amides is 1. The van der Waals surface area contributed by atoms with Gasteiger partial charge in [0.15, 0.2) is 0 Å². The van der Waals surface area contributed by atoms with Crippen LogP contribution in [0.2, 0.25) is 0 Å². The molecule has 9 heteroatoms. The van der Waals surface area contributed by atoms with E-state index in [4.69, 9.17) is 14.9 Å². The van der Waals surface area contributed by atoms with Crippen LogP contribution in [0, 0.1) is 0 Å². The molecule has 0 unspecified atom stereocenters. The van der Waals surface area contributed by atoms with Crippen LogP contribution in [0.5, 0.6) is 5.75 Å². The van der Waals surface area contributed by atoms with Crippen molar-refractivity contribution in [2.45, 2.75) is 23.7 Å². The highest BCUT2D eigenvalue weighted by atomic mass is 32.2. The lowest BCUT2D eigenvalue weighted by Gasteiger charge is -2.32. The van der Waals surface area contributed by atoms with E-state index in [2.05, 4.69) is 0 Å². The molecule has 7 nitrogen and oxygen atoms in total. The molecule has 1 atom stereocenters. The number of para-hydroxylation sites is 1. The third-order valence-electron chi connectivity index (χ3n) is 5.10. The fourth-order valence-electron chi connectivity index (χ4n) is 3.63. The SMILES string of the molecule is COc1ccc(S(N)(=O)=O)cc1C(=O)N1CCC[C@@H](c2nc3ccccc3s2)C1. The molecule has 29 heavy (non-hydrogen) atoms. The maximum absolute atomic E-state index is 13.2. The molecule has 1 aliphatic heterocycles. The number of carbonyl (C=O) groups excluding carboxylic acids is 1. The Kier molecular flexibility index (Phi) is 5.28. The molecule has 152 valence electrons. The molecule has 0 radical (unpaired) electrons. The molecule has 2 aromatic carbocycles. The smallest absolute Gasteiger partial charge is 0.257 e. The van der Waals surface area contributed by atoms with Gasteiger partial charge in [-0.3, -0.25) is 4.79 Å². The first kappa shape index (κ1) is 19.8. The van der Waals surface area contributed by atoms with Gasteiger partial charge in [-0.05, 0) is 43.2 Å². The van der Waals surface area contributed by atoms with E-state index in [0.717, 1.165) is 28.1 Å². The summed E-state index contributed by atoms with van der Waals surface area (Å²) in [6, 6.07) is 12.1. The van der Waals surface area contributed by atoms with Gasteiger partial charge in [-0.1, -0.05) is 12.1 Å². The van der Waals surface area contributed by atoms with Crippen LogP contribution >= 0.6 is 11.3 Å². The van der Waals surface area contributed by atoms with Gasteiger partial charge in [0.05, 0.1) is 32.8 Å². The highest BCUT2D eigenvalue weighted by molar-refractivity contribution is 7.89. The van der Waals surface area contributed by atoms with Gasteiger partial charge in [-0.2, -0.15) is 0 Å². The molecule has 3 aromatic rings. The number of carbonyl (C=O) groups is 1. The number of likely N-dealkylation sites (tertiary alicyclic amines) is 1. The molecule has 0 saturated carbocycles. The number of thiazole rings is 1. The zero-order valence-electron chi connectivity index (χ0n) is 15.9. The van der Waals surface area contributed by atoms with Crippen LogP contribution in [0.4, 0.5) is 0 Å². The summed E-state index contributed by atoms with van der Waals surface area (Å²) in [5, 5.41) is 6.25. The Hall–Kier alpha value is -2.49. The van der Waals surface area contributed by atoms with Crippen molar-refractivity contribution in [2.75, 3.05) is 20.2 Å². The number of ether oxygens (including phenoxy) is 1. The van der Waals surface area contributed by atoms with Crippen LogP contribution in [0.1, 0.15) is 34.1 Å². The van der Waals surface area contributed by atoms with Crippen molar-refractivity contribution in [2.24, 2.45) is 5.14 Å². The van der Waals surface area contributed by atoms with E-state index in [1.165, 1.54) is 25.3 Å². The standard InChI is InChI=1S/C20H21N3O4S2/c1-27-17-9-8-14(29(21,25)26)11-15(17)20(24)23-10-4-5-13(12-23)19-22-16-6-2-3-7-18(16)28-19/h2-3,6-9,11,13H,4-5,10,12H2,1H3,(H2,21,25,26)/t13-/m1/s1. The van der Waals surface area contributed by atoms with Crippen molar-refractivity contribution < 1.29 is 17.9 Å². The van der Waals surface area contributed by atoms with Crippen molar-refractivity contribution in [3.05, 3.63) is 53.0 Å². The summed E-state index contributed by atoms with van der Waals surface area (Å²) in [5.41, 5.74) is 1.17. The average molecular weight is 432 g/mol. The van der Waals surface area contributed by atoms with Gasteiger partial charge in [0.2, 0.25) is 10.0 Å². The van der Waals surface area contributed by atoms with E-state index in [9.17, 15) is 13.2 Å². The Morgan fingerprint density at radius 1 is 1.28 bits per heavy atom. The highest BCUT2D eigenvalue weighted by Crippen LogP contribution is 2.34. The third-order valence-corrected chi connectivity index (χ3v) is 7.21. The average Bonchev–Trinajstić information content (AvgIpc) is 3.16. The van der Waals surface area contributed by atoms with Crippen molar-refractivity contribution in [1.29, 1.82) is 0 Å². The zero-order valence-corrected chi connectivity index (χ0v) is 17.5. The minimum atomic E-state index is -3.92. The molecule has 1 aromatic heterocycles. The van der Waals surface area contributed by atoms with E-state index in [0.29, 0.717) is 18.8 Å². The summed E-state index contributed by atoms with van der Waals surface area (Å²) in [6.45, 7) is 1.13. The number of hydrogen-bond donors (Lipinski definition) is 1. The molecule has 0 aliphatic carbocycles. The van der Waals surface area contributed by atoms with Crippen LogP contribution in [0.25, 0.3) is 10.2 Å². The second kappa shape index (κ2) is 7.74. The predicted octanol–water partition coefficient (Wildman–Crippen LogP) is 2.97. The van der Waals surface area contributed by atoms with Crippen molar-refractivity contribution in [3.8, 4) is 5.75 Å². The van der Waals surface area contributed by atoms with Crippen LogP contribution in [-0.2, 0) is 10.0 Å². The molecule has 0 spiro atoms. The molecule has 1 amide bonds. The molecule has 2 heterocycles. The lowest BCUT2D eigenvalue weighted by molar-refractivity contribution is 0.0703. The largest absolute Gasteiger partial charge is 0.496 e. The maximum atomic E-state index is 13.2. The quantitative estimate of drug-likeness (QED) is 0.684. The highest BCUT2D eigenvalue weighted by Gasteiger charge is 2.29. The fraction of sp³-hybridized carbons (Fsp3) is 0.300. The minimum absolute atomic E-state index is 0.110. The van der Waals surface area contributed by atoms with Gasteiger partial charge in [0.1, 0.15) is 5.75 Å². The van der Waals surface area contributed by atoms with Crippen LogP contribution in [0.15, 0.2) is 47.4 Å². The first-order chi connectivity index (χ1) is 13.9. The second-order valence-electron chi connectivity index (χ2n) is 7.02. The van der Waals surface area contributed by atoms with E-state index in [-0.39, 0.29) is 22.3 Å². The zero-order chi connectivity index (χ0) is 20.6. The Balaban J connectivity index is 1.62. The van der Waals surface area contributed by atoms with Crippen LogP contribution in [-0.4, -0.2) is 44.4 Å². The second-order valence-corrected chi connectivity index (χ2v) is 9.64. The number of sulfonamides is 1. The first-order valence-electron chi connectivity index (χ1n) is 9.22. The number of aromatic nitrogens is 1. The van der Waals surface area contributed by atoms with Gasteiger partial charge in [0, 0.05) is 19.0 Å². The lowest BCUT2D eigenvalue weighted by atomic mass is 9.98. The number of hydrogen-bond acceptors (Lipinski definition) is 6. The fourth-order valence-corrected chi connectivity index (χ4v) is 5.26. The topological polar surface area (TPSA) is 103 Å². The molecule has 1 saturated heterocycles. The number of fused-ring (bicyclic) bond motifs is 1. The first-order valence-corrected chi connectivity index (χ1v) is 11.6. The number of rotatable bonds is 4. The summed E-state index contributed by atoms with van der Waals surface area (Å²) in [5.74, 6) is 0.209. The molecule has 0 bridgehead atoms. The Bertz CT molecular complexity index is 1140. The summed E-state index contributed by atoms with van der Waals surface area (Å²) >= 11 is 1.66. The molecule has 1 aliphatic rings. The van der Waals surface area contributed by atoms with Crippen LogP contribution < -0.4 is 9.88 Å². The van der Waals surface area contributed by atoms with Gasteiger partial charge >= 0.3 is 0 Å². The molecular formula is C20H21N3O4S2. The Morgan fingerprint density at radius 3 is 2.79 bits per heavy atom. The van der Waals surface area contributed by atoms with Gasteiger partial charge in [-0.15, -0.1) is 11.3 Å². The number of nitrogens with two attached hydrogens (primary N) is 1. The Morgan fingerprint density at radius 2 is 2.07 bits per heavy atom. The number of benzene rings is 2. The normalized spacial score (nSPS) is 17.4. The van der Waals surface area contributed by atoms with Gasteiger partial charge in [0.25, 0.3) is 5.91 Å². The molecule has 1 fully saturated rings. The van der Waals surface area contributed by atoms with Crippen molar-refractivity contribution >= 4 is 37.5 Å². The number of methoxy groups -OCH3 is 1. The molecule has 4 rings (SSSR count). The van der Waals surface area contributed by atoms with Crippen molar-refractivity contribution in [3.63, 3.8) is 0 Å². The van der Waals surface area contributed by atoms with Crippen molar-refractivity contribution in [1.82, 2.24) is 9.88 Å². The summed E-state index contributed by atoms with van der Waals surface area (Å²) in [7, 11) is -2.47. The maximum Gasteiger partial charge on any atom is 0.257 e. The lowest BCUT2D eigenvalue weighted by Crippen LogP contribution is -2.39. The summed E-state index contributed by atoms with van der Waals surface area (Å²) < 4.78 is 29.8. The number of piperidine rings is 1. The van der Waals surface area contributed by atoms with E-state index in [1.807, 2.05) is 24.3 Å². The summed E-state index contributed by atoms with van der Waals surface area (Å²) in [6.07, 6.45) is 1.81. The summed E-state index contributed by atoms with van der Waals surface area (Å²) in [4.78, 5) is 19.6. The van der Waals surface area contributed by atoms with Gasteiger partial charge < -0.3 is 9.64 Å².